The first kappa shape index (κ1) is 15.6. The van der Waals surface area contributed by atoms with Crippen molar-refractivity contribution >= 4 is 5.91 Å². The topological polar surface area (TPSA) is 73.6 Å². The Labute approximate surface area is 125 Å². The van der Waals surface area contributed by atoms with Crippen LogP contribution in [0.1, 0.15) is 25.3 Å². The van der Waals surface area contributed by atoms with Crippen LogP contribution in [-0.2, 0) is 11.2 Å². The zero-order valence-corrected chi connectivity index (χ0v) is 12.6. The minimum Gasteiger partial charge on any atom is -0.486 e. The number of hydrogen-bond acceptors (Lipinski definition) is 4. The van der Waals surface area contributed by atoms with Crippen molar-refractivity contribution < 1.29 is 14.3 Å². The summed E-state index contributed by atoms with van der Waals surface area (Å²) in [6.45, 7) is 4.43. The molecule has 1 amide bonds. The summed E-state index contributed by atoms with van der Waals surface area (Å²) in [6.07, 6.45) is 2.22. The third kappa shape index (κ3) is 4.63. The van der Waals surface area contributed by atoms with Crippen molar-refractivity contribution in [3.05, 3.63) is 23.8 Å². The van der Waals surface area contributed by atoms with Gasteiger partial charge in [-0.2, -0.15) is 0 Å². The molecule has 0 fully saturated rings. The van der Waals surface area contributed by atoms with Gasteiger partial charge in [0, 0.05) is 13.0 Å². The van der Waals surface area contributed by atoms with Crippen LogP contribution in [0.25, 0.3) is 0 Å². The van der Waals surface area contributed by atoms with E-state index in [9.17, 15) is 4.79 Å². The van der Waals surface area contributed by atoms with E-state index in [1.807, 2.05) is 18.2 Å². The van der Waals surface area contributed by atoms with E-state index in [2.05, 4.69) is 12.2 Å². The molecule has 0 saturated heterocycles. The molecule has 1 atom stereocenters. The molecule has 1 aromatic carbocycles. The molecule has 0 bridgehead atoms. The van der Waals surface area contributed by atoms with Crippen LogP contribution >= 0.6 is 0 Å². The Morgan fingerprint density at radius 2 is 2.10 bits per heavy atom. The molecule has 5 heteroatoms. The van der Waals surface area contributed by atoms with Gasteiger partial charge < -0.3 is 20.5 Å². The molecule has 0 aromatic heterocycles. The average Bonchev–Trinajstić information content (AvgIpc) is 2.52. The number of benzene rings is 1. The first-order valence-corrected chi connectivity index (χ1v) is 7.58. The van der Waals surface area contributed by atoms with E-state index in [-0.39, 0.29) is 11.8 Å². The molecule has 0 spiro atoms. The van der Waals surface area contributed by atoms with E-state index in [0.717, 1.165) is 29.9 Å². The Kier molecular flexibility index (Phi) is 5.87. The van der Waals surface area contributed by atoms with E-state index in [0.29, 0.717) is 32.7 Å². The largest absolute Gasteiger partial charge is 0.486 e. The van der Waals surface area contributed by atoms with Gasteiger partial charge in [-0.15, -0.1) is 0 Å². The molecule has 1 unspecified atom stereocenters. The lowest BCUT2D eigenvalue weighted by Gasteiger charge is -2.19. The molecule has 1 aliphatic rings. The number of ether oxygens (including phenoxy) is 2. The van der Waals surface area contributed by atoms with Gasteiger partial charge in [0.05, 0.1) is 0 Å². The van der Waals surface area contributed by atoms with Gasteiger partial charge in [0.15, 0.2) is 11.5 Å². The maximum atomic E-state index is 11.8. The number of carbonyl (C=O) groups excluding carboxylic acids is 1. The van der Waals surface area contributed by atoms with Crippen LogP contribution in [0, 0.1) is 5.92 Å². The van der Waals surface area contributed by atoms with Crippen molar-refractivity contribution in [2.45, 2.75) is 26.2 Å². The lowest BCUT2D eigenvalue weighted by atomic mass is 10.0. The Balaban J connectivity index is 1.77. The summed E-state index contributed by atoms with van der Waals surface area (Å²) >= 11 is 0. The van der Waals surface area contributed by atoms with Gasteiger partial charge in [0.2, 0.25) is 5.91 Å². The van der Waals surface area contributed by atoms with Gasteiger partial charge in [-0.1, -0.05) is 19.4 Å². The van der Waals surface area contributed by atoms with E-state index in [1.54, 1.807) is 0 Å². The fourth-order valence-corrected chi connectivity index (χ4v) is 2.32. The molecule has 21 heavy (non-hydrogen) atoms. The second kappa shape index (κ2) is 7.88. The average molecular weight is 292 g/mol. The predicted octanol–water partition coefficient (Wildman–Crippen LogP) is 1.49. The second-order valence-corrected chi connectivity index (χ2v) is 5.29. The molecule has 116 valence electrons. The van der Waals surface area contributed by atoms with Crippen molar-refractivity contribution in [1.29, 1.82) is 0 Å². The summed E-state index contributed by atoms with van der Waals surface area (Å²) in [5.74, 6) is 1.94. The van der Waals surface area contributed by atoms with Gasteiger partial charge in [-0.25, -0.2) is 0 Å². The van der Waals surface area contributed by atoms with Crippen molar-refractivity contribution in [3.63, 3.8) is 0 Å². The first-order valence-electron chi connectivity index (χ1n) is 7.58. The quantitative estimate of drug-likeness (QED) is 0.798. The normalized spacial score (nSPS) is 14.6. The number of fused-ring (bicyclic) bond motifs is 1. The summed E-state index contributed by atoms with van der Waals surface area (Å²) in [5.41, 5.74) is 6.74. The predicted molar refractivity (Wildman–Crippen MR) is 81.6 cm³/mol. The Bertz CT molecular complexity index is 473. The van der Waals surface area contributed by atoms with Gasteiger partial charge in [0.1, 0.15) is 13.2 Å². The van der Waals surface area contributed by atoms with Gasteiger partial charge in [-0.3, -0.25) is 4.79 Å². The zero-order chi connectivity index (χ0) is 15.1. The molecular weight excluding hydrogens is 268 g/mol. The third-order valence-electron chi connectivity index (χ3n) is 3.73. The standard InChI is InChI=1S/C16H24N2O3/c1-2-12(11-17)10-16(19)18-6-5-13-3-4-14-15(9-13)21-8-7-20-14/h3-4,9,12H,2,5-8,10-11,17H2,1H3,(H,18,19). The van der Waals surface area contributed by atoms with E-state index >= 15 is 0 Å². The highest BCUT2D eigenvalue weighted by Crippen LogP contribution is 2.30. The molecule has 0 saturated carbocycles. The molecule has 1 aromatic rings. The molecular formula is C16H24N2O3. The van der Waals surface area contributed by atoms with Gasteiger partial charge in [-0.05, 0) is 36.6 Å². The van der Waals surface area contributed by atoms with Crippen LogP contribution < -0.4 is 20.5 Å². The van der Waals surface area contributed by atoms with Gasteiger partial charge >= 0.3 is 0 Å². The summed E-state index contributed by atoms with van der Waals surface area (Å²) in [4.78, 5) is 11.8. The van der Waals surface area contributed by atoms with Crippen LogP contribution in [0.2, 0.25) is 0 Å². The zero-order valence-electron chi connectivity index (χ0n) is 12.6. The fraction of sp³-hybridized carbons (Fsp3) is 0.562. The number of hydrogen-bond donors (Lipinski definition) is 2. The third-order valence-corrected chi connectivity index (χ3v) is 3.73. The SMILES string of the molecule is CCC(CN)CC(=O)NCCc1ccc2c(c1)OCCO2. The fourth-order valence-electron chi connectivity index (χ4n) is 2.32. The van der Waals surface area contributed by atoms with E-state index in [1.165, 1.54) is 0 Å². The van der Waals surface area contributed by atoms with E-state index < -0.39 is 0 Å². The summed E-state index contributed by atoms with van der Waals surface area (Å²) in [6, 6.07) is 5.91. The number of amides is 1. The molecule has 1 aliphatic heterocycles. The monoisotopic (exact) mass is 292 g/mol. The van der Waals surface area contributed by atoms with Crippen molar-refractivity contribution in [2.75, 3.05) is 26.3 Å². The van der Waals surface area contributed by atoms with Crippen molar-refractivity contribution in [2.24, 2.45) is 11.7 Å². The second-order valence-electron chi connectivity index (χ2n) is 5.29. The van der Waals surface area contributed by atoms with Crippen molar-refractivity contribution in [3.8, 4) is 11.5 Å². The van der Waals surface area contributed by atoms with Crippen LogP contribution in [0.3, 0.4) is 0 Å². The summed E-state index contributed by atoms with van der Waals surface area (Å²) in [7, 11) is 0. The number of nitrogens with two attached hydrogens (primary N) is 1. The maximum absolute atomic E-state index is 11.8. The number of nitrogens with one attached hydrogen (secondary N) is 1. The number of rotatable bonds is 7. The highest BCUT2D eigenvalue weighted by atomic mass is 16.6. The first-order chi connectivity index (χ1) is 10.2. The highest BCUT2D eigenvalue weighted by molar-refractivity contribution is 5.76. The lowest BCUT2D eigenvalue weighted by molar-refractivity contribution is -0.121. The molecule has 3 N–H and O–H groups in total. The van der Waals surface area contributed by atoms with Gasteiger partial charge in [0.25, 0.3) is 0 Å². The molecule has 2 rings (SSSR count). The number of carbonyl (C=O) groups is 1. The Morgan fingerprint density at radius 1 is 1.33 bits per heavy atom. The lowest BCUT2D eigenvalue weighted by Crippen LogP contribution is -2.29. The highest BCUT2D eigenvalue weighted by Gasteiger charge is 2.12. The van der Waals surface area contributed by atoms with E-state index in [4.69, 9.17) is 15.2 Å². The minimum absolute atomic E-state index is 0.0739. The molecule has 0 aliphatic carbocycles. The van der Waals surface area contributed by atoms with Crippen molar-refractivity contribution in [1.82, 2.24) is 5.32 Å². The summed E-state index contributed by atoms with van der Waals surface area (Å²) < 4.78 is 11.0. The maximum Gasteiger partial charge on any atom is 0.220 e. The molecule has 1 heterocycles. The Hall–Kier alpha value is -1.75. The Morgan fingerprint density at radius 3 is 2.81 bits per heavy atom. The van der Waals surface area contributed by atoms with Crippen LogP contribution in [0.5, 0.6) is 11.5 Å². The summed E-state index contributed by atoms with van der Waals surface area (Å²) in [5, 5.41) is 2.94. The van der Waals surface area contributed by atoms with Crippen LogP contribution in [0.4, 0.5) is 0 Å². The van der Waals surface area contributed by atoms with Crippen LogP contribution in [-0.4, -0.2) is 32.2 Å². The minimum atomic E-state index is 0.0739. The molecule has 5 nitrogen and oxygen atoms in total. The molecule has 0 radical (unpaired) electrons. The van der Waals surface area contributed by atoms with Crippen LogP contribution in [0.15, 0.2) is 18.2 Å². The smallest absolute Gasteiger partial charge is 0.220 e.